The van der Waals surface area contributed by atoms with Crippen molar-refractivity contribution in [3.05, 3.63) is 28.8 Å². The Morgan fingerprint density at radius 3 is 2.35 bits per heavy atom. The minimum atomic E-state index is 0.261. The summed E-state index contributed by atoms with van der Waals surface area (Å²) in [6, 6.07) is 4.33. The van der Waals surface area contributed by atoms with Crippen molar-refractivity contribution in [2.45, 2.75) is 45.9 Å². The minimum Gasteiger partial charge on any atom is -0.496 e. The maximum absolute atomic E-state index is 6.29. The van der Waals surface area contributed by atoms with Gasteiger partial charge in [0.1, 0.15) is 5.75 Å². The molecule has 0 fully saturated rings. The van der Waals surface area contributed by atoms with E-state index in [-0.39, 0.29) is 5.38 Å². The Hall–Kier alpha value is -0.690. The van der Waals surface area contributed by atoms with E-state index in [4.69, 9.17) is 16.3 Å². The van der Waals surface area contributed by atoms with Crippen molar-refractivity contribution >= 4 is 11.6 Å². The molecule has 1 aromatic rings. The third-order valence-corrected chi connectivity index (χ3v) is 3.99. The van der Waals surface area contributed by atoms with Crippen LogP contribution in [0.25, 0.3) is 0 Å². The first-order valence-corrected chi connectivity index (χ1v) is 6.67. The summed E-state index contributed by atoms with van der Waals surface area (Å²) >= 11 is 6.29. The number of methoxy groups -OCH3 is 1. The summed E-state index contributed by atoms with van der Waals surface area (Å²) in [5, 5.41) is 0.261. The summed E-state index contributed by atoms with van der Waals surface area (Å²) in [5.74, 6) is 1.51. The van der Waals surface area contributed by atoms with Gasteiger partial charge in [0.05, 0.1) is 7.11 Å². The van der Waals surface area contributed by atoms with Crippen molar-refractivity contribution in [1.82, 2.24) is 0 Å². The Bertz CT molecular complexity index is 371. The van der Waals surface area contributed by atoms with E-state index >= 15 is 0 Å². The van der Waals surface area contributed by atoms with Crippen molar-refractivity contribution in [2.75, 3.05) is 7.11 Å². The van der Waals surface area contributed by atoms with Crippen LogP contribution in [0.1, 0.15) is 37.0 Å². The Balaban J connectivity index is 2.75. The van der Waals surface area contributed by atoms with Gasteiger partial charge in [0.2, 0.25) is 0 Å². The van der Waals surface area contributed by atoms with Crippen LogP contribution in [-0.4, -0.2) is 12.5 Å². The van der Waals surface area contributed by atoms with Crippen molar-refractivity contribution in [3.8, 4) is 5.75 Å². The molecule has 2 heteroatoms. The number of alkyl halides is 1. The average molecular weight is 255 g/mol. The van der Waals surface area contributed by atoms with E-state index in [9.17, 15) is 0 Å². The predicted octanol–water partition coefficient (Wildman–Crippen LogP) is 4.51. The van der Waals surface area contributed by atoms with Crippen LogP contribution >= 0.6 is 11.6 Å². The topological polar surface area (TPSA) is 9.23 Å². The second-order valence-electron chi connectivity index (χ2n) is 5.05. The molecule has 96 valence electrons. The molecule has 0 aliphatic carbocycles. The lowest BCUT2D eigenvalue weighted by Crippen LogP contribution is -2.09. The van der Waals surface area contributed by atoms with Gasteiger partial charge in [-0.2, -0.15) is 0 Å². The lowest BCUT2D eigenvalue weighted by atomic mass is 9.97. The van der Waals surface area contributed by atoms with E-state index in [1.54, 1.807) is 7.11 Å². The zero-order chi connectivity index (χ0) is 13.0. The van der Waals surface area contributed by atoms with Gasteiger partial charge in [0.15, 0.2) is 0 Å². The molecule has 1 nitrogen and oxygen atoms in total. The molecule has 0 heterocycles. The van der Waals surface area contributed by atoms with Gasteiger partial charge in [0, 0.05) is 5.38 Å². The number of halogens is 1. The van der Waals surface area contributed by atoms with Crippen LogP contribution in [0.4, 0.5) is 0 Å². The largest absolute Gasteiger partial charge is 0.496 e. The maximum Gasteiger partial charge on any atom is 0.122 e. The molecule has 0 aromatic heterocycles. The minimum absolute atomic E-state index is 0.261. The lowest BCUT2D eigenvalue weighted by Gasteiger charge is -2.15. The van der Waals surface area contributed by atoms with Gasteiger partial charge < -0.3 is 4.74 Å². The fourth-order valence-corrected chi connectivity index (χ4v) is 2.07. The maximum atomic E-state index is 6.29. The third-order valence-electron chi connectivity index (χ3n) is 3.27. The quantitative estimate of drug-likeness (QED) is 0.703. The summed E-state index contributed by atoms with van der Waals surface area (Å²) < 4.78 is 5.32. The second-order valence-corrected chi connectivity index (χ2v) is 5.61. The summed E-state index contributed by atoms with van der Waals surface area (Å²) in [4.78, 5) is 0. The lowest BCUT2D eigenvalue weighted by molar-refractivity contribution is 0.411. The van der Waals surface area contributed by atoms with Crippen LogP contribution in [0, 0.1) is 19.8 Å². The fourth-order valence-electron chi connectivity index (χ4n) is 1.97. The molecule has 0 radical (unpaired) electrons. The normalized spacial score (nSPS) is 12.9. The number of aryl methyl sites for hydroxylation is 3. The van der Waals surface area contributed by atoms with Crippen LogP contribution in [-0.2, 0) is 6.42 Å². The van der Waals surface area contributed by atoms with Crippen molar-refractivity contribution < 1.29 is 4.74 Å². The highest BCUT2D eigenvalue weighted by Gasteiger charge is 2.11. The smallest absolute Gasteiger partial charge is 0.122 e. The highest BCUT2D eigenvalue weighted by molar-refractivity contribution is 6.20. The first-order valence-electron chi connectivity index (χ1n) is 6.24. The molecular weight excluding hydrogens is 232 g/mol. The van der Waals surface area contributed by atoms with Crippen LogP contribution in [0.3, 0.4) is 0 Å². The predicted molar refractivity (Wildman–Crippen MR) is 75.3 cm³/mol. The summed E-state index contributed by atoms with van der Waals surface area (Å²) in [6.07, 6.45) is 2.08. The van der Waals surface area contributed by atoms with Gasteiger partial charge in [-0.3, -0.25) is 0 Å². The van der Waals surface area contributed by atoms with Gasteiger partial charge in [-0.05, 0) is 55.4 Å². The van der Waals surface area contributed by atoms with Crippen LogP contribution in [0.5, 0.6) is 5.75 Å². The summed E-state index contributed by atoms with van der Waals surface area (Å²) in [7, 11) is 1.72. The molecular formula is C15H23ClO. The molecule has 1 unspecified atom stereocenters. The molecule has 0 amide bonds. The molecule has 0 N–H and O–H groups in total. The fraction of sp³-hybridized carbons (Fsp3) is 0.600. The standard InChI is InChI=1S/C15H23ClO/c1-10(2)14(16)7-6-13-8-12(4)15(17-5)9-11(13)3/h8-10,14H,6-7H2,1-5H3. The SMILES string of the molecule is COc1cc(C)c(CCC(Cl)C(C)C)cc1C. The van der Waals surface area contributed by atoms with E-state index in [0.717, 1.165) is 18.6 Å². The van der Waals surface area contributed by atoms with Crippen LogP contribution in [0.2, 0.25) is 0 Å². The third kappa shape index (κ3) is 3.92. The zero-order valence-electron chi connectivity index (χ0n) is 11.5. The van der Waals surface area contributed by atoms with Crippen molar-refractivity contribution in [3.63, 3.8) is 0 Å². The van der Waals surface area contributed by atoms with Crippen molar-refractivity contribution in [1.29, 1.82) is 0 Å². The molecule has 1 rings (SSSR count). The molecule has 17 heavy (non-hydrogen) atoms. The molecule has 0 spiro atoms. The highest BCUT2D eigenvalue weighted by atomic mass is 35.5. The Kier molecular flexibility index (Phi) is 5.32. The zero-order valence-corrected chi connectivity index (χ0v) is 12.3. The van der Waals surface area contributed by atoms with E-state index < -0.39 is 0 Å². The number of rotatable bonds is 5. The Morgan fingerprint density at radius 2 is 1.82 bits per heavy atom. The molecule has 0 saturated heterocycles. The number of benzene rings is 1. The Morgan fingerprint density at radius 1 is 1.18 bits per heavy atom. The second kappa shape index (κ2) is 6.30. The first-order chi connectivity index (χ1) is 7.95. The molecule has 1 aromatic carbocycles. The monoisotopic (exact) mass is 254 g/mol. The van der Waals surface area contributed by atoms with Gasteiger partial charge in [-0.1, -0.05) is 19.9 Å². The van der Waals surface area contributed by atoms with Gasteiger partial charge in [-0.15, -0.1) is 11.6 Å². The Labute approximate surface area is 110 Å². The van der Waals surface area contributed by atoms with E-state index in [1.807, 2.05) is 0 Å². The number of hydrogen-bond acceptors (Lipinski definition) is 1. The van der Waals surface area contributed by atoms with Gasteiger partial charge in [0.25, 0.3) is 0 Å². The molecule has 0 aliphatic heterocycles. The number of hydrogen-bond donors (Lipinski definition) is 0. The first kappa shape index (κ1) is 14.4. The highest BCUT2D eigenvalue weighted by Crippen LogP contribution is 2.25. The van der Waals surface area contributed by atoms with Crippen LogP contribution in [0.15, 0.2) is 12.1 Å². The van der Waals surface area contributed by atoms with E-state index in [1.165, 1.54) is 16.7 Å². The molecule has 0 saturated carbocycles. The summed E-state index contributed by atoms with van der Waals surface area (Å²) in [6.45, 7) is 8.56. The number of ether oxygens (including phenoxy) is 1. The van der Waals surface area contributed by atoms with Crippen LogP contribution < -0.4 is 4.74 Å². The molecule has 0 aliphatic rings. The summed E-state index contributed by atoms with van der Waals surface area (Å²) in [5.41, 5.74) is 3.87. The van der Waals surface area contributed by atoms with E-state index in [2.05, 4.69) is 39.8 Å². The van der Waals surface area contributed by atoms with E-state index in [0.29, 0.717) is 5.92 Å². The van der Waals surface area contributed by atoms with Gasteiger partial charge >= 0.3 is 0 Å². The van der Waals surface area contributed by atoms with Gasteiger partial charge in [-0.25, -0.2) is 0 Å². The molecule has 0 bridgehead atoms. The van der Waals surface area contributed by atoms with Crippen molar-refractivity contribution in [2.24, 2.45) is 5.92 Å². The average Bonchev–Trinajstić information content (AvgIpc) is 2.29. The molecule has 1 atom stereocenters.